The van der Waals surface area contributed by atoms with Crippen LogP contribution in [-0.2, 0) is 0 Å². The number of rotatable bonds is 1. The van der Waals surface area contributed by atoms with Gasteiger partial charge in [-0.3, -0.25) is 0 Å². The van der Waals surface area contributed by atoms with Crippen LogP contribution in [0.1, 0.15) is 6.92 Å². The van der Waals surface area contributed by atoms with E-state index in [1.54, 1.807) is 0 Å². The van der Waals surface area contributed by atoms with Crippen molar-refractivity contribution in [3.05, 3.63) is 0 Å². The van der Waals surface area contributed by atoms with Gasteiger partial charge in [0, 0.05) is 9.76 Å². The molecule has 0 aromatic carbocycles. The first kappa shape index (κ1) is 6.72. The van der Waals surface area contributed by atoms with Crippen molar-refractivity contribution in [2.24, 2.45) is 0 Å². The number of halogens is 1. The summed E-state index contributed by atoms with van der Waals surface area (Å²) in [7, 11) is 1.23. The second-order valence-corrected chi connectivity index (χ2v) is 17.8. The lowest BCUT2D eigenvalue weighted by Gasteiger charge is -2.05. The van der Waals surface area contributed by atoms with Gasteiger partial charge in [-0.05, 0) is 6.04 Å². The second-order valence-electron chi connectivity index (χ2n) is 2.07. The number of hydrogen-bond donors (Lipinski definition) is 0. The molecular formula is C3H11ClSi2. The van der Waals surface area contributed by atoms with Crippen LogP contribution in [0.2, 0.25) is 12.6 Å². The Bertz CT molecular complexity index is 38.5. The maximum Gasteiger partial charge on any atom is 0.132 e. The highest BCUT2D eigenvalue weighted by molar-refractivity contribution is 7.42. The molecule has 0 saturated heterocycles. The third-order valence-electron chi connectivity index (χ3n) is 0.841. The van der Waals surface area contributed by atoms with E-state index in [2.05, 4.69) is 13.5 Å². The van der Waals surface area contributed by atoms with Crippen molar-refractivity contribution < 1.29 is 0 Å². The minimum absolute atomic E-state index is 1.02. The van der Waals surface area contributed by atoms with Crippen LogP contribution < -0.4 is 0 Å². The van der Waals surface area contributed by atoms with Gasteiger partial charge in [0.1, 0.15) is 6.90 Å². The summed E-state index contributed by atoms with van der Waals surface area (Å²) in [5, 5.41) is 0. The molecule has 1 unspecified atom stereocenters. The molecule has 0 bridgehead atoms. The fourth-order valence-corrected chi connectivity index (χ4v) is 0. The fourth-order valence-electron chi connectivity index (χ4n) is 0. The highest BCUT2D eigenvalue weighted by atomic mass is 35.6. The lowest BCUT2D eigenvalue weighted by molar-refractivity contribution is 1.43. The molecule has 0 nitrogen and oxygen atoms in total. The first-order valence-electron chi connectivity index (χ1n) is 2.25. The normalized spacial score (nSPS) is 20.5. The van der Waals surface area contributed by atoms with Crippen molar-refractivity contribution >= 4 is 27.7 Å². The van der Waals surface area contributed by atoms with E-state index in [0.717, 1.165) is 0 Å². The molecule has 0 radical (unpaired) electrons. The first-order valence-corrected chi connectivity index (χ1v) is 9.47. The Balaban J connectivity index is 3.17. The number of hydrogen-bond acceptors (Lipinski definition) is 0. The Labute approximate surface area is 47.8 Å². The van der Waals surface area contributed by atoms with Crippen molar-refractivity contribution in [3.63, 3.8) is 0 Å². The molecule has 0 aliphatic carbocycles. The molecule has 0 aliphatic heterocycles. The van der Waals surface area contributed by atoms with E-state index in [0.29, 0.717) is 0 Å². The summed E-state index contributed by atoms with van der Waals surface area (Å²) in [5.41, 5.74) is 0. The summed E-state index contributed by atoms with van der Waals surface area (Å²) in [6.07, 6.45) is 0. The van der Waals surface area contributed by atoms with E-state index in [4.69, 9.17) is 11.1 Å². The standard InChI is InChI=1S/C3H11ClSi2/c1-3-6(2,4)5/h3H2,1-2,5H3. The minimum Gasteiger partial charge on any atom is -0.172 e. The summed E-state index contributed by atoms with van der Waals surface area (Å²) >= 11 is 5.92. The quantitative estimate of drug-likeness (QED) is 0.370. The van der Waals surface area contributed by atoms with Gasteiger partial charge in [0.15, 0.2) is 0 Å². The van der Waals surface area contributed by atoms with Crippen molar-refractivity contribution in [1.82, 2.24) is 0 Å². The van der Waals surface area contributed by atoms with Crippen LogP contribution in [0.4, 0.5) is 0 Å². The molecule has 3 heteroatoms. The third kappa shape index (κ3) is 4.72. The molecule has 0 N–H and O–H groups in total. The first-order chi connectivity index (χ1) is 2.56. The topological polar surface area (TPSA) is 0 Å². The van der Waals surface area contributed by atoms with Gasteiger partial charge in [0.25, 0.3) is 0 Å². The molecule has 0 amide bonds. The zero-order valence-electron chi connectivity index (χ0n) is 4.59. The van der Waals surface area contributed by atoms with Crippen LogP contribution in [0, 0.1) is 0 Å². The van der Waals surface area contributed by atoms with Gasteiger partial charge >= 0.3 is 0 Å². The summed E-state index contributed by atoms with van der Waals surface area (Å²) in [6, 6.07) is 1.24. The zero-order chi connectivity index (χ0) is 5.21. The summed E-state index contributed by atoms with van der Waals surface area (Å²) in [5.74, 6) is 0. The molecular weight excluding hydrogens is 128 g/mol. The molecule has 0 fully saturated rings. The van der Waals surface area contributed by atoms with Gasteiger partial charge in [-0.25, -0.2) is 0 Å². The molecule has 0 aromatic rings. The van der Waals surface area contributed by atoms with Crippen LogP contribution in [0.15, 0.2) is 0 Å². The van der Waals surface area contributed by atoms with Crippen LogP contribution in [0.5, 0.6) is 0 Å². The molecule has 0 spiro atoms. The Morgan fingerprint density at radius 2 is 2.00 bits per heavy atom. The van der Waals surface area contributed by atoms with E-state index >= 15 is 0 Å². The van der Waals surface area contributed by atoms with E-state index in [1.807, 2.05) is 0 Å². The molecule has 0 aliphatic rings. The van der Waals surface area contributed by atoms with Crippen LogP contribution in [-0.4, -0.2) is 16.7 Å². The lowest BCUT2D eigenvalue weighted by Crippen LogP contribution is -2.20. The SMILES string of the molecule is CC[Si](C)([SiH3])Cl. The predicted molar refractivity (Wildman–Crippen MR) is 37.9 cm³/mol. The Hall–Kier alpha value is 0.724. The molecule has 0 saturated carbocycles. The van der Waals surface area contributed by atoms with Gasteiger partial charge in [-0.1, -0.05) is 13.5 Å². The van der Waals surface area contributed by atoms with Gasteiger partial charge in [-0.2, -0.15) is 11.1 Å². The summed E-state index contributed by atoms with van der Waals surface area (Å²) in [6.45, 7) is 3.36. The maximum absolute atomic E-state index is 5.92. The highest BCUT2D eigenvalue weighted by Crippen LogP contribution is 2.06. The lowest BCUT2D eigenvalue weighted by atomic mass is 11.0. The van der Waals surface area contributed by atoms with Crippen molar-refractivity contribution in [1.29, 1.82) is 0 Å². The molecule has 0 rings (SSSR count). The van der Waals surface area contributed by atoms with Crippen molar-refractivity contribution in [2.45, 2.75) is 19.5 Å². The van der Waals surface area contributed by atoms with E-state index < -0.39 is 6.90 Å². The van der Waals surface area contributed by atoms with Gasteiger partial charge in [-0.15, -0.1) is 0 Å². The highest BCUT2D eigenvalue weighted by Gasteiger charge is 2.11. The van der Waals surface area contributed by atoms with Crippen molar-refractivity contribution in [2.75, 3.05) is 0 Å². The average molecular weight is 139 g/mol. The van der Waals surface area contributed by atoms with Crippen LogP contribution in [0.25, 0.3) is 0 Å². The van der Waals surface area contributed by atoms with Gasteiger partial charge in [0.2, 0.25) is 0 Å². The monoisotopic (exact) mass is 138 g/mol. The molecule has 38 valence electrons. The van der Waals surface area contributed by atoms with Crippen LogP contribution >= 0.6 is 11.1 Å². The smallest absolute Gasteiger partial charge is 0.132 e. The van der Waals surface area contributed by atoms with E-state index in [-0.39, 0.29) is 0 Å². The second kappa shape index (κ2) is 2.14. The van der Waals surface area contributed by atoms with E-state index in [1.165, 1.54) is 15.8 Å². The van der Waals surface area contributed by atoms with Gasteiger partial charge < -0.3 is 0 Å². The zero-order valence-corrected chi connectivity index (χ0v) is 8.34. The molecule has 1 atom stereocenters. The average Bonchev–Trinajstić information content (AvgIpc) is 1.35. The Morgan fingerprint density at radius 3 is 2.00 bits per heavy atom. The van der Waals surface area contributed by atoms with Crippen LogP contribution in [0.3, 0.4) is 0 Å². The Kier molecular flexibility index (Phi) is 2.40. The Morgan fingerprint density at radius 1 is 1.83 bits per heavy atom. The maximum atomic E-state index is 5.92. The molecule has 0 aromatic heterocycles. The van der Waals surface area contributed by atoms with E-state index in [9.17, 15) is 0 Å². The minimum atomic E-state index is -1.02. The van der Waals surface area contributed by atoms with Gasteiger partial charge in [0.05, 0.1) is 0 Å². The van der Waals surface area contributed by atoms with Crippen molar-refractivity contribution in [3.8, 4) is 0 Å². The summed E-state index contributed by atoms with van der Waals surface area (Å²) in [4.78, 5) is 0. The summed E-state index contributed by atoms with van der Waals surface area (Å²) < 4.78 is 0. The fraction of sp³-hybridized carbons (Fsp3) is 1.00. The largest absolute Gasteiger partial charge is 0.172 e. The molecule has 6 heavy (non-hydrogen) atoms. The third-order valence-corrected chi connectivity index (χ3v) is 5.45. The molecule has 0 heterocycles. The predicted octanol–water partition coefficient (Wildman–Crippen LogP) is 0.682.